The van der Waals surface area contributed by atoms with Gasteiger partial charge in [-0.05, 0) is 73.9 Å². The third kappa shape index (κ3) is 5.47. The molecule has 0 saturated carbocycles. The number of rotatable bonds is 7. The van der Waals surface area contributed by atoms with Crippen LogP contribution in [0.4, 0.5) is 10.1 Å². The summed E-state index contributed by atoms with van der Waals surface area (Å²) in [4.78, 5) is 44.6. The monoisotopic (exact) mass is 549 g/mol. The van der Waals surface area contributed by atoms with Crippen molar-refractivity contribution in [2.45, 2.75) is 26.4 Å². The first-order valence-corrected chi connectivity index (χ1v) is 13.3. The molecule has 3 aromatic carbocycles. The van der Waals surface area contributed by atoms with Crippen LogP contribution in [0, 0.1) is 12.7 Å². The zero-order chi connectivity index (χ0) is 27.7. The number of ether oxygens (including phenoxy) is 1. The predicted octanol–water partition coefficient (Wildman–Crippen LogP) is 4.74. The summed E-state index contributed by atoms with van der Waals surface area (Å²) < 4.78 is 19.1. The molecule has 2 aliphatic heterocycles. The highest BCUT2D eigenvalue weighted by Crippen LogP contribution is 2.33. The molecule has 7 nitrogen and oxygen atoms in total. The second kappa shape index (κ2) is 11.1. The van der Waals surface area contributed by atoms with Gasteiger partial charge in [-0.3, -0.25) is 19.3 Å². The van der Waals surface area contributed by atoms with Gasteiger partial charge < -0.3 is 14.5 Å². The minimum Gasteiger partial charge on any atom is -0.481 e. The third-order valence-electron chi connectivity index (χ3n) is 7.23. The fourth-order valence-corrected chi connectivity index (χ4v) is 5.31. The van der Waals surface area contributed by atoms with Crippen LogP contribution in [0.25, 0.3) is 0 Å². The minimum absolute atomic E-state index is 0.111. The Morgan fingerprint density at radius 3 is 2.41 bits per heavy atom. The molecular weight excluding hydrogens is 521 g/mol. The summed E-state index contributed by atoms with van der Waals surface area (Å²) in [6.45, 7) is 5.80. The van der Waals surface area contributed by atoms with Crippen LogP contribution in [0.3, 0.4) is 0 Å². The largest absolute Gasteiger partial charge is 0.481 e. The summed E-state index contributed by atoms with van der Waals surface area (Å²) in [5.74, 6) is -0.473. The number of carbonyl (C=O) groups is 3. The molecule has 0 aromatic heterocycles. The Labute approximate surface area is 231 Å². The lowest BCUT2D eigenvalue weighted by Crippen LogP contribution is -2.52. The fraction of sp³-hybridized carbons (Fsp3) is 0.300. The highest BCUT2D eigenvalue weighted by molar-refractivity contribution is 6.30. The molecule has 2 aliphatic rings. The van der Waals surface area contributed by atoms with Crippen molar-refractivity contribution in [3.63, 3.8) is 0 Å². The maximum atomic E-state index is 13.4. The van der Waals surface area contributed by atoms with Gasteiger partial charge in [-0.15, -0.1) is 0 Å². The number of carbonyl (C=O) groups excluding carboxylic acids is 3. The second-order valence-corrected chi connectivity index (χ2v) is 10.3. The molecule has 202 valence electrons. The van der Waals surface area contributed by atoms with Gasteiger partial charge in [0.2, 0.25) is 0 Å². The molecule has 0 radical (unpaired) electrons. The van der Waals surface area contributed by atoms with E-state index in [1.807, 2.05) is 17.9 Å². The summed E-state index contributed by atoms with van der Waals surface area (Å²) in [5.41, 5.74) is 3.18. The molecule has 1 atom stereocenters. The van der Waals surface area contributed by atoms with Gasteiger partial charge in [0.1, 0.15) is 11.6 Å². The number of nitrogens with zero attached hydrogens (tertiary/aromatic N) is 3. The van der Waals surface area contributed by atoms with E-state index in [4.69, 9.17) is 16.3 Å². The number of hydrogen-bond acceptors (Lipinski definition) is 5. The number of fused-ring (bicyclic) bond motifs is 1. The standard InChI is InChI=1S/C30H29ClFN3O4/c1-19-18-22(31)8-11-26(19)39-20(2)28(36)34-16-14-33(15-17-34)25-5-3-4-24-27(25)30(38)35(29(24)37)13-12-21-6-9-23(32)10-7-21/h3-11,18,20H,12-17H2,1-2H3/t20-/m0/s1. The van der Waals surface area contributed by atoms with Gasteiger partial charge >= 0.3 is 0 Å². The van der Waals surface area contributed by atoms with E-state index in [1.165, 1.54) is 17.0 Å². The Balaban J connectivity index is 1.23. The molecule has 3 aromatic rings. The molecule has 0 aliphatic carbocycles. The van der Waals surface area contributed by atoms with Crippen LogP contribution in [-0.4, -0.2) is 66.3 Å². The number of aryl methyl sites for hydroxylation is 1. The first-order chi connectivity index (χ1) is 18.7. The second-order valence-electron chi connectivity index (χ2n) is 9.82. The average Bonchev–Trinajstić information content (AvgIpc) is 3.18. The van der Waals surface area contributed by atoms with Crippen LogP contribution in [0.15, 0.2) is 60.7 Å². The molecule has 2 heterocycles. The number of anilines is 1. The zero-order valence-electron chi connectivity index (χ0n) is 21.8. The number of amides is 3. The smallest absolute Gasteiger partial charge is 0.263 e. The third-order valence-corrected chi connectivity index (χ3v) is 7.47. The Kier molecular flexibility index (Phi) is 7.57. The summed E-state index contributed by atoms with van der Waals surface area (Å²) in [7, 11) is 0. The Morgan fingerprint density at radius 1 is 1.00 bits per heavy atom. The lowest BCUT2D eigenvalue weighted by atomic mass is 10.1. The molecule has 0 N–H and O–H groups in total. The van der Waals surface area contributed by atoms with Crippen molar-refractivity contribution in [3.8, 4) is 5.75 Å². The van der Waals surface area contributed by atoms with Crippen molar-refractivity contribution in [1.29, 1.82) is 0 Å². The molecule has 5 rings (SSSR count). The summed E-state index contributed by atoms with van der Waals surface area (Å²) in [5, 5.41) is 0.610. The quantitative estimate of drug-likeness (QED) is 0.398. The molecule has 0 unspecified atom stereocenters. The molecule has 1 saturated heterocycles. The van der Waals surface area contributed by atoms with Crippen LogP contribution in [0.1, 0.15) is 38.8 Å². The van der Waals surface area contributed by atoms with Crippen molar-refractivity contribution >= 4 is 35.0 Å². The van der Waals surface area contributed by atoms with Gasteiger partial charge in [-0.2, -0.15) is 0 Å². The van der Waals surface area contributed by atoms with E-state index < -0.39 is 6.10 Å². The minimum atomic E-state index is -0.661. The molecule has 0 spiro atoms. The first kappa shape index (κ1) is 26.7. The van der Waals surface area contributed by atoms with E-state index in [0.717, 1.165) is 11.1 Å². The number of halogens is 2. The molecule has 9 heteroatoms. The normalized spacial score (nSPS) is 15.9. The first-order valence-electron chi connectivity index (χ1n) is 12.9. The SMILES string of the molecule is Cc1cc(Cl)ccc1O[C@@H](C)C(=O)N1CCN(c2cccc3c2C(=O)N(CCc2ccc(F)cc2)C3=O)CC1. The lowest BCUT2D eigenvalue weighted by Gasteiger charge is -2.37. The number of piperazine rings is 1. The predicted molar refractivity (Wildman–Crippen MR) is 147 cm³/mol. The Bertz CT molecular complexity index is 1420. The van der Waals surface area contributed by atoms with Crippen LogP contribution in [-0.2, 0) is 11.2 Å². The van der Waals surface area contributed by atoms with E-state index in [-0.39, 0.29) is 30.1 Å². The molecule has 1 fully saturated rings. The summed E-state index contributed by atoms with van der Waals surface area (Å²) in [6, 6.07) is 16.6. The number of imide groups is 1. The van der Waals surface area contributed by atoms with E-state index in [9.17, 15) is 18.8 Å². The molecule has 3 amide bonds. The lowest BCUT2D eigenvalue weighted by molar-refractivity contribution is -0.138. The van der Waals surface area contributed by atoms with Crippen molar-refractivity contribution in [2.75, 3.05) is 37.6 Å². The fourth-order valence-electron chi connectivity index (χ4n) is 5.09. The Morgan fingerprint density at radius 2 is 1.72 bits per heavy atom. The molecule has 39 heavy (non-hydrogen) atoms. The van der Waals surface area contributed by atoms with Crippen molar-refractivity contribution < 1.29 is 23.5 Å². The van der Waals surface area contributed by atoms with Gasteiger partial charge in [0.15, 0.2) is 6.10 Å². The zero-order valence-corrected chi connectivity index (χ0v) is 22.6. The van der Waals surface area contributed by atoms with Crippen LogP contribution in [0.2, 0.25) is 5.02 Å². The van der Waals surface area contributed by atoms with Crippen molar-refractivity contribution in [3.05, 3.63) is 93.8 Å². The summed E-state index contributed by atoms with van der Waals surface area (Å²) >= 11 is 6.02. The van der Waals surface area contributed by atoms with E-state index in [0.29, 0.717) is 60.2 Å². The highest BCUT2D eigenvalue weighted by atomic mass is 35.5. The van der Waals surface area contributed by atoms with Crippen LogP contribution >= 0.6 is 11.6 Å². The van der Waals surface area contributed by atoms with Gasteiger partial charge in [0.25, 0.3) is 17.7 Å². The molecule has 0 bridgehead atoms. The van der Waals surface area contributed by atoms with Crippen LogP contribution in [0.5, 0.6) is 5.75 Å². The van der Waals surface area contributed by atoms with Gasteiger partial charge in [-0.25, -0.2) is 4.39 Å². The maximum Gasteiger partial charge on any atom is 0.263 e. The van der Waals surface area contributed by atoms with Crippen LogP contribution < -0.4 is 9.64 Å². The topological polar surface area (TPSA) is 70.2 Å². The maximum absolute atomic E-state index is 13.4. The number of benzene rings is 3. The average molecular weight is 550 g/mol. The van der Waals surface area contributed by atoms with E-state index in [1.54, 1.807) is 54.3 Å². The van der Waals surface area contributed by atoms with Gasteiger partial charge in [-0.1, -0.05) is 29.8 Å². The highest BCUT2D eigenvalue weighted by Gasteiger charge is 2.39. The van der Waals surface area contributed by atoms with Gasteiger partial charge in [0.05, 0.1) is 16.8 Å². The van der Waals surface area contributed by atoms with Gasteiger partial charge in [0, 0.05) is 37.7 Å². The molecular formula is C30H29ClFN3O4. The number of hydrogen-bond donors (Lipinski definition) is 0. The Hall–Kier alpha value is -3.91. The van der Waals surface area contributed by atoms with E-state index >= 15 is 0 Å². The van der Waals surface area contributed by atoms with Crippen molar-refractivity contribution in [1.82, 2.24) is 9.80 Å². The van der Waals surface area contributed by atoms with E-state index in [2.05, 4.69) is 0 Å². The summed E-state index contributed by atoms with van der Waals surface area (Å²) in [6.07, 6.45) is -0.219. The van der Waals surface area contributed by atoms with Crippen molar-refractivity contribution in [2.24, 2.45) is 0 Å².